The van der Waals surface area contributed by atoms with Gasteiger partial charge in [0.1, 0.15) is 11.9 Å². The molecule has 3 rings (SSSR count). The molecule has 1 aromatic carbocycles. The molecule has 130 valence electrons. The Morgan fingerprint density at radius 1 is 1.42 bits per heavy atom. The van der Waals surface area contributed by atoms with Crippen molar-refractivity contribution in [1.29, 1.82) is 0 Å². The van der Waals surface area contributed by atoms with Crippen molar-refractivity contribution in [2.75, 3.05) is 29.5 Å². The third-order valence-corrected chi connectivity index (χ3v) is 5.92. The van der Waals surface area contributed by atoms with E-state index in [0.29, 0.717) is 11.3 Å². The van der Waals surface area contributed by atoms with Gasteiger partial charge in [0.15, 0.2) is 9.84 Å². The highest BCUT2D eigenvalue weighted by Crippen LogP contribution is 2.33. The highest BCUT2D eigenvalue weighted by Gasteiger charge is 2.37. The van der Waals surface area contributed by atoms with Crippen molar-refractivity contribution in [1.82, 2.24) is 5.32 Å². The highest BCUT2D eigenvalue weighted by molar-refractivity contribution is 7.92. The Balaban J connectivity index is 1.70. The van der Waals surface area contributed by atoms with Gasteiger partial charge in [0, 0.05) is 12.8 Å². The molecule has 9 heteroatoms. The van der Waals surface area contributed by atoms with E-state index in [0.717, 1.165) is 0 Å². The van der Waals surface area contributed by atoms with Gasteiger partial charge in [-0.2, -0.15) is 0 Å². The van der Waals surface area contributed by atoms with Crippen molar-refractivity contribution in [3.8, 4) is 0 Å². The van der Waals surface area contributed by atoms with E-state index in [4.69, 9.17) is 4.74 Å². The first kappa shape index (κ1) is 16.7. The fraction of sp³-hybridized carbons (Fsp3) is 0.467. The van der Waals surface area contributed by atoms with Gasteiger partial charge in [-0.1, -0.05) is 6.07 Å². The van der Waals surface area contributed by atoms with Gasteiger partial charge < -0.3 is 10.1 Å². The molecule has 24 heavy (non-hydrogen) atoms. The van der Waals surface area contributed by atoms with Crippen LogP contribution in [0, 0.1) is 5.82 Å². The van der Waals surface area contributed by atoms with Crippen molar-refractivity contribution in [3.63, 3.8) is 0 Å². The molecule has 0 aromatic heterocycles. The average molecular weight is 356 g/mol. The highest BCUT2D eigenvalue weighted by atomic mass is 32.2. The molecule has 2 amide bonds. The number of anilines is 1. The van der Waals surface area contributed by atoms with Gasteiger partial charge in [-0.25, -0.2) is 17.6 Å². The van der Waals surface area contributed by atoms with Gasteiger partial charge in [0.25, 0.3) is 0 Å². The first-order chi connectivity index (χ1) is 11.2. The van der Waals surface area contributed by atoms with Crippen molar-refractivity contribution in [2.24, 2.45) is 0 Å². The summed E-state index contributed by atoms with van der Waals surface area (Å²) < 4.78 is 41.9. The normalized spacial score (nSPS) is 22.8. The van der Waals surface area contributed by atoms with Crippen LogP contribution in [0.25, 0.3) is 0 Å². The number of hydrogen-bond acceptors (Lipinski definition) is 5. The third-order valence-electron chi connectivity index (χ3n) is 4.10. The SMILES string of the molecule is CC(=O)NCC1CN(c2ccc(C3CS(=O)(=O)C3)c(F)c2)C(=O)O1. The minimum atomic E-state index is -3.04. The standard InChI is InChI=1S/C15H17FN2O5S/c1-9(19)17-5-12-6-18(15(20)23-12)11-2-3-13(14(16)4-11)10-7-24(21,22)8-10/h2-4,10,12H,5-8H2,1H3,(H,17,19). The number of rotatable bonds is 4. The summed E-state index contributed by atoms with van der Waals surface area (Å²) in [5.41, 5.74) is 0.685. The number of hydrogen-bond donors (Lipinski definition) is 1. The maximum atomic E-state index is 14.3. The molecule has 2 fully saturated rings. The number of carbonyl (C=O) groups is 2. The van der Waals surface area contributed by atoms with Crippen LogP contribution >= 0.6 is 0 Å². The van der Waals surface area contributed by atoms with Gasteiger partial charge >= 0.3 is 6.09 Å². The molecule has 1 N–H and O–H groups in total. The number of benzene rings is 1. The van der Waals surface area contributed by atoms with E-state index in [2.05, 4.69) is 5.32 Å². The number of ether oxygens (including phenoxy) is 1. The Kier molecular flexibility index (Phi) is 4.20. The van der Waals surface area contributed by atoms with Crippen molar-refractivity contribution in [2.45, 2.75) is 18.9 Å². The second-order valence-electron chi connectivity index (χ2n) is 6.03. The van der Waals surface area contributed by atoms with Crippen molar-refractivity contribution >= 4 is 27.5 Å². The van der Waals surface area contributed by atoms with E-state index in [-0.39, 0.29) is 36.4 Å². The van der Waals surface area contributed by atoms with Gasteiger partial charge in [-0.05, 0) is 17.7 Å². The summed E-state index contributed by atoms with van der Waals surface area (Å²) in [5, 5.41) is 2.56. The third kappa shape index (κ3) is 3.35. The quantitative estimate of drug-likeness (QED) is 0.861. The molecular formula is C15H17FN2O5S. The lowest BCUT2D eigenvalue weighted by atomic mass is 10.0. The fourth-order valence-electron chi connectivity index (χ4n) is 2.86. The number of cyclic esters (lactones) is 1. The second-order valence-corrected chi connectivity index (χ2v) is 8.19. The molecule has 2 aliphatic rings. The van der Waals surface area contributed by atoms with E-state index in [1.165, 1.54) is 24.0 Å². The van der Waals surface area contributed by atoms with Gasteiger partial charge in [-0.15, -0.1) is 0 Å². The lowest BCUT2D eigenvalue weighted by Crippen LogP contribution is -2.35. The summed E-state index contributed by atoms with van der Waals surface area (Å²) in [5.74, 6) is -1.19. The topological polar surface area (TPSA) is 92.8 Å². The number of amides is 2. The van der Waals surface area contributed by atoms with E-state index < -0.39 is 27.9 Å². The molecule has 0 aliphatic carbocycles. The summed E-state index contributed by atoms with van der Waals surface area (Å²) in [6.07, 6.45) is -1.11. The number of nitrogens with one attached hydrogen (secondary N) is 1. The largest absolute Gasteiger partial charge is 0.442 e. The fourth-order valence-corrected chi connectivity index (χ4v) is 4.34. The van der Waals surface area contributed by atoms with Gasteiger partial charge in [0.2, 0.25) is 5.91 Å². The predicted octanol–water partition coefficient (Wildman–Crippen LogP) is 0.799. The lowest BCUT2D eigenvalue weighted by Gasteiger charge is -2.26. The monoisotopic (exact) mass is 356 g/mol. The maximum absolute atomic E-state index is 14.3. The summed E-state index contributed by atoms with van der Waals surface area (Å²) in [6.45, 7) is 1.76. The van der Waals surface area contributed by atoms with Crippen LogP contribution in [-0.4, -0.2) is 51.1 Å². The van der Waals surface area contributed by atoms with Crippen LogP contribution in [0.4, 0.5) is 14.9 Å². The summed E-state index contributed by atoms with van der Waals surface area (Å²) in [4.78, 5) is 24.1. The summed E-state index contributed by atoms with van der Waals surface area (Å²) in [7, 11) is -3.04. The maximum Gasteiger partial charge on any atom is 0.414 e. The van der Waals surface area contributed by atoms with Gasteiger partial charge in [-0.3, -0.25) is 9.69 Å². The van der Waals surface area contributed by atoms with E-state index in [1.807, 2.05) is 0 Å². The minimum Gasteiger partial charge on any atom is -0.442 e. The molecule has 2 aliphatic heterocycles. The molecule has 2 saturated heterocycles. The van der Waals surface area contributed by atoms with Crippen LogP contribution in [0.1, 0.15) is 18.4 Å². The number of sulfone groups is 1. The minimum absolute atomic E-state index is 0.0478. The van der Waals surface area contributed by atoms with E-state index in [1.54, 1.807) is 6.07 Å². The van der Waals surface area contributed by atoms with Crippen LogP contribution in [0.2, 0.25) is 0 Å². The molecule has 0 bridgehead atoms. The molecule has 0 spiro atoms. The van der Waals surface area contributed by atoms with Gasteiger partial charge in [0.05, 0.1) is 30.3 Å². The van der Waals surface area contributed by atoms with E-state index in [9.17, 15) is 22.4 Å². The number of halogens is 1. The molecular weight excluding hydrogens is 339 g/mol. The van der Waals surface area contributed by atoms with Crippen LogP contribution in [0.3, 0.4) is 0 Å². The zero-order chi connectivity index (χ0) is 17.5. The Morgan fingerprint density at radius 2 is 2.12 bits per heavy atom. The molecule has 1 unspecified atom stereocenters. The lowest BCUT2D eigenvalue weighted by molar-refractivity contribution is -0.119. The van der Waals surface area contributed by atoms with Crippen molar-refractivity contribution < 1.29 is 27.1 Å². The predicted molar refractivity (Wildman–Crippen MR) is 84.1 cm³/mol. The Labute approximate surface area is 138 Å². The Morgan fingerprint density at radius 3 is 2.71 bits per heavy atom. The van der Waals surface area contributed by atoms with Crippen LogP contribution in [0.5, 0.6) is 0 Å². The second kappa shape index (κ2) is 6.04. The van der Waals surface area contributed by atoms with Crippen molar-refractivity contribution in [3.05, 3.63) is 29.6 Å². The van der Waals surface area contributed by atoms with E-state index >= 15 is 0 Å². The first-order valence-corrected chi connectivity index (χ1v) is 9.30. The van der Waals surface area contributed by atoms with Crippen LogP contribution < -0.4 is 10.2 Å². The Hall–Kier alpha value is -2.16. The van der Waals surface area contributed by atoms with Crippen LogP contribution in [0.15, 0.2) is 18.2 Å². The molecule has 0 radical (unpaired) electrons. The number of nitrogens with zero attached hydrogens (tertiary/aromatic N) is 1. The summed E-state index contributed by atoms with van der Waals surface area (Å²) >= 11 is 0. The zero-order valence-electron chi connectivity index (χ0n) is 13.0. The van der Waals surface area contributed by atoms with Crippen LogP contribution in [-0.2, 0) is 19.4 Å². The first-order valence-electron chi connectivity index (χ1n) is 7.47. The zero-order valence-corrected chi connectivity index (χ0v) is 13.8. The molecule has 1 aromatic rings. The molecule has 7 nitrogen and oxygen atoms in total. The summed E-state index contributed by atoms with van der Waals surface area (Å²) in [6, 6.07) is 4.30. The Bertz CT molecular complexity index is 783. The average Bonchev–Trinajstić information content (AvgIpc) is 2.83. The smallest absolute Gasteiger partial charge is 0.414 e. The molecule has 2 heterocycles. The number of carbonyl (C=O) groups excluding carboxylic acids is 2. The molecule has 0 saturated carbocycles. The molecule has 1 atom stereocenters.